The van der Waals surface area contributed by atoms with Crippen molar-refractivity contribution >= 4 is 0 Å². The van der Waals surface area contributed by atoms with Gasteiger partial charge in [-0.15, -0.1) is 0 Å². The summed E-state index contributed by atoms with van der Waals surface area (Å²) < 4.78 is 0. The number of fused-ring (bicyclic) bond motifs is 1. The van der Waals surface area contributed by atoms with Crippen LogP contribution in [0.5, 0.6) is 5.75 Å². The fourth-order valence-electron chi connectivity index (χ4n) is 3.96. The molecule has 1 aromatic rings. The molecule has 0 spiro atoms. The molecule has 2 aliphatic rings. The van der Waals surface area contributed by atoms with Gasteiger partial charge in [-0.05, 0) is 61.3 Å². The highest BCUT2D eigenvalue weighted by Crippen LogP contribution is 2.34. The summed E-state index contributed by atoms with van der Waals surface area (Å²) in [5, 5.41) is 13.7. The fourth-order valence-corrected chi connectivity index (χ4v) is 3.96. The molecule has 2 heteroatoms. The van der Waals surface area contributed by atoms with Crippen LogP contribution in [-0.4, -0.2) is 11.1 Å². The first-order valence-electron chi connectivity index (χ1n) is 8.32. The molecule has 110 valence electrons. The molecule has 0 aliphatic heterocycles. The van der Waals surface area contributed by atoms with Gasteiger partial charge in [-0.25, -0.2) is 0 Å². The molecule has 0 radical (unpaired) electrons. The van der Waals surface area contributed by atoms with E-state index in [2.05, 4.69) is 18.3 Å². The monoisotopic (exact) mass is 273 g/mol. The molecule has 20 heavy (non-hydrogen) atoms. The Hall–Kier alpha value is -1.02. The van der Waals surface area contributed by atoms with Gasteiger partial charge in [0.2, 0.25) is 0 Å². The number of hydrogen-bond acceptors (Lipinski definition) is 2. The minimum Gasteiger partial charge on any atom is -0.508 e. The van der Waals surface area contributed by atoms with E-state index in [9.17, 15) is 5.11 Å². The van der Waals surface area contributed by atoms with Gasteiger partial charge in [0.05, 0.1) is 0 Å². The summed E-state index contributed by atoms with van der Waals surface area (Å²) in [6.45, 7) is 2.40. The molecule has 3 rings (SSSR count). The molecular weight excluding hydrogens is 246 g/mol. The van der Waals surface area contributed by atoms with E-state index in [1.165, 1.54) is 56.1 Å². The van der Waals surface area contributed by atoms with Crippen molar-refractivity contribution in [3.63, 3.8) is 0 Å². The van der Waals surface area contributed by atoms with Crippen LogP contribution in [0.25, 0.3) is 0 Å². The van der Waals surface area contributed by atoms with Crippen molar-refractivity contribution in [3.8, 4) is 5.75 Å². The Balaban J connectivity index is 1.76. The summed E-state index contributed by atoms with van der Waals surface area (Å²) in [6.07, 6.45) is 10.4. The second-order valence-corrected chi connectivity index (χ2v) is 6.72. The summed E-state index contributed by atoms with van der Waals surface area (Å²) in [5.41, 5.74) is 2.76. The van der Waals surface area contributed by atoms with Crippen LogP contribution < -0.4 is 5.32 Å². The molecule has 3 unspecified atom stereocenters. The standard InChI is InChI=1S/C18H27NO/c1-13-6-3-2-4-8-17(13)19-18-9-5-7-14-10-11-15(20)12-16(14)18/h10-13,17-20H,2-9H2,1H3. The molecule has 0 aromatic heterocycles. The van der Waals surface area contributed by atoms with Gasteiger partial charge in [0.15, 0.2) is 0 Å². The number of phenolic OH excluding ortho intramolecular Hbond substituents is 1. The summed E-state index contributed by atoms with van der Waals surface area (Å²) >= 11 is 0. The molecule has 2 N–H and O–H groups in total. The minimum absolute atomic E-state index is 0.409. The van der Waals surface area contributed by atoms with Crippen LogP contribution in [0.4, 0.5) is 0 Å². The van der Waals surface area contributed by atoms with Crippen molar-refractivity contribution in [2.45, 2.75) is 70.4 Å². The number of phenols is 1. The Morgan fingerprint density at radius 2 is 1.90 bits per heavy atom. The number of benzene rings is 1. The molecule has 3 atom stereocenters. The van der Waals surface area contributed by atoms with E-state index in [-0.39, 0.29) is 0 Å². The summed E-state index contributed by atoms with van der Waals surface area (Å²) in [6, 6.07) is 7.00. The van der Waals surface area contributed by atoms with Gasteiger partial charge in [-0.3, -0.25) is 0 Å². The molecular formula is C18H27NO. The largest absolute Gasteiger partial charge is 0.508 e. The fraction of sp³-hybridized carbons (Fsp3) is 0.667. The SMILES string of the molecule is CC1CCCCCC1NC1CCCc2ccc(O)cc21. The van der Waals surface area contributed by atoms with E-state index in [1.807, 2.05) is 12.1 Å². The predicted octanol–water partition coefficient (Wildman–Crippen LogP) is 4.33. The molecule has 1 saturated carbocycles. The molecule has 0 amide bonds. The Bertz CT molecular complexity index is 457. The minimum atomic E-state index is 0.409. The smallest absolute Gasteiger partial charge is 0.115 e. The van der Waals surface area contributed by atoms with Crippen molar-refractivity contribution in [2.75, 3.05) is 0 Å². The van der Waals surface area contributed by atoms with Gasteiger partial charge in [0, 0.05) is 12.1 Å². The molecule has 0 bridgehead atoms. The van der Waals surface area contributed by atoms with Gasteiger partial charge >= 0.3 is 0 Å². The second kappa shape index (κ2) is 6.17. The maximum atomic E-state index is 9.78. The average Bonchev–Trinajstić information content (AvgIpc) is 2.65. The van der Waals surface area contributed by atoms with Crippen LogP contribution in [0.15, 0.2) is 18.2 Å². The first kappa shape index (κ1) is 13.9. The summed E-state index contributed by atoms with van der Waals surface area (Å²) in [4.78, 5) is 0. The summed E-state index contributed by atoms with van der Waals surface area (Å²) in [5.74, 6) is 1.19. The first-order valence-corrected chi connectivity index (χ1v) is 8.32. The van der Waals surface area contributed by atoms with Gasteiger partial charge in [-0.2, -0.15) is 0 Å². The Morgan fingerprint density at radius 3 is 2.80 bits per heavy atom. The van der Waals surface area contributed by atoms with Crippen molar-refractivity contribution in [2.24, 2.45) is 5.92 Å². The van der Waals surface area contributed by atoms with Crippen LogP contribution >= 0.6 is 0 Å². The Labute approximate surface area is 122 Å². The van der Waals surface area contributed by atoms with E-state index < -0.39 is 0 Å². The normalized spacial score (nSPS) is 30.6. The maximum absolute atomic E-state index is 9.78. The third kappa shape index (κ3) is 3.01. The van der Waals surface area contributed by atoms with E-state index in [1.54, 1.807) is 0 Å². The van der Waals surface area contributed by atoms with Crippen molar-refractivity contribution in [1.82, 2.24) is 5.32 Å². The van der Waals surface area contributed by atoms with Crippen molar-refractivity contribution < 1.29 is 5.11 Å². The van der Waals surface area contributed by atoms with Crippen LogP contribution in [0.3, 0.4) is 0 Å². The molecule has 1 fully saturated rings. The quantitative estimate of drug-likeness (QED) is 0.786. The highest BCUT2D eigenvalue weighted by molar-refractivity contribution is 5.38. The van der Waals surface area contributed by atoms with Crippen molar-refractivity contribution in [1.29, 1.82) is 0 Å². The highest BCUT2D eigenvalue weighted by atomic mass is 16.3. The lowest BCUT2D eigenvalue weighted by molar-refractivity contribution is 0.305. The molecule has 0 heterocycles. The van der Waals surface area contributed by atoms with Crippen LogP contribution in [0.1, 0.15) is 69.0 Å². The second-order valence-electron chi connectivity index (χ2n) is 6.72. The molecule has 2 aliphatic carbocycles. The van der Waals surface area contributed by atoms with Gasteiger partial charge in [0.25, 0.3) is 0 Å². The van der Waals surface area contributed by atoms with Crippen LogP contribution in [0, 0.1) is 5.92 Å². The van der Waals surface area contributed by atoms with Crippen LogP contribution in [-0.2, 0) is 6.42 Å². The average molecular weight is 273 g/mol. The van der Waals surface area contributed by atoms with Gasteiger partial charge in [0.1, 0.15) is 5.75 Å². The van der Waals surface area contributed by atoms with Gasteiger partial charge < -0.3 is 10.4 Å². The predicted molar refractivity (Wildman–Crippen MR) is 83.0 cm³/mol. The number of nitrogens with one attached hydrogen (secondary N) is 1. The lowest BCUT2D eigenvalue weighted by Gasteiger charge is -2.33. The maximum Gasteiger partial charge on any atom is 0.115 e. The number of rotatable bonds is 2. The lowest BCUT2D eigenvalue weighted by atomic mass is 9.86. The van der Waals surface area contributed by atoms with Crippen molar-refractivity contribution in [3.05, 3.63) is 29.3 Å². The molecule has 2 nitrogen and oxygen atoms in total. The Morgan fingerprint density at radius 1 is 1.05 bits per heavy atom. The van der Waals surface area contributed by atoms with E-state index in [0.717, 1.165) is 12.3 Å². The first-order chi connectivity index (χ1) is 9.74. The number of aromatic hydroxyl groups is 1. The highest BCUT2D eigenvalue weighted by Gasteiger charge is 2.26. The summed E-state index contributed by atoms with van der Waals surface area (Å²) in [7, 11) is 0. The topological polar surface area (TPSA) is 32.3 Å². The van der Waals surface area contributed by atoms with Crippen LogP contribution in [0.2, 0.25) is 0 Å². The zero-order valence-corrected chi connectivity index (χ0v) is 12.6. The van der Waals surface area contributed by atoms with E-state index >= 15 is 0 Å². The van der Waals surface area contributed by atoms with E-state index in [0.29, 0.717) is 17.8 Å². The number of aryl methyl sites for hydroxylation is 1. The third-order valence-corrected chi connectivity index (χ3v) is 5.22. The Kier molecular flexibility index (Phi) is 4.30. The number of hydrogen-bond donors (Lipinski definition) is 2. The lowest BCUT2D eigenvalue weighted by Crippen LogP contribution is -2.38. The van der Waals surface area contributed by atoms with E-state index in [4.69, 9.17) is 0 Å². The molecule has 0 saturated heterocycles. The zero-order valence-electron chi connectivity index (χ0n) is 12.6. The third-order valence-electron chi connectivity index (χ3n) is 5.22. The zero-order chi connectivity index (χ0) is 13.9. The molecule has 1 aromatic carbocycles. The van der Waals surface area contributed by atoms with Gasteiger partial charge in [-0.1, -0.05) is 32.3 Å².